The van der Waals surface area contributed by atoms with Crippen molar-refractivity contribution in [1.82, 2.24) is 5.32 Å². The topological polar surface area (TPSA) is 55.1 Å². The molecule has 0 aliphatic carbocycles. The molecule has 0 aromatic carbocycles. The zero-order valence-corrected chi connectivity index (χ0v) is 10.9. The maximum atomic E-state index is 12.5. The van der Waals surface area contributed by atoms with Crippen LogP contribution in [0.15, 0.2) is 17.5 Å². The number of nitrogens with one attached hydrogen (secondary N) is 1. The Bertz CT molecular complexity index is 401. The molecule has 3 N–H and O–H groups in total. The van der Waals surface area contributed by atoms with Crippen LogP contribution in [0.5, 0.6) is 0 Å². The second-order valence-electron chi connectivity index (χ2n) is 4.36. The van der Waals surface area contributed by atoms with Gasteiger partial charge in [0.25, 0.3) is 0 Å². The lowest BCUT2D eigenvalue weighted by Crippen LogP contribution is -2.62. The molecule has 0 aliphatic heterocycles. The number of halogens is 3. The number of thiophene rings is 1. The first-order chi connectivity index (χ1) is 8.14. The summed E-state index contributed by atoms with van der Waals surface area (Å²) in [5, 5.41) is 4.16. The normalized spacial score (nSPS) is 17.0. The van der Waals surface area contributed by atoms with Gasteiger partial charge in [0.2, 0.25) is 5.91 Å². The lowest BCUT2D eigenvalue weighted by molar-refractivity contribution is -0.187. The average molecular weight is 280 g/mol. The van der Waals surface area contributed by atoms with Gasteiger partial charge in [-0.2, -0.15) is 13.2 Å². The first-order valence-corrected chi connectivity index (χ1v) is 6.21. The lowest BCUT2D eigenvalue weighted by atomic mass is 10.0. The summed E-state index contributed by atoms with van der Waals surface area (Å²) in [5.41, 5.74) is 2.16. The molecule has 0 radical (unpaired) electrons. The van der Waals surface area contributed by atoms with Crippen LogP contribution in [0.2, 0.25) is 0 Å². The van der Waals surface area contributed by atoms with Crippen molar-refractivity contribution in [2.75, 3.05) is 0 Å². The fourth-order valence-electron chi connectivity index (χ4n) is 1.28. The number of rotatable bonds is 4. The van der Waals surface area contributed by atoms with E-state index < -0.39 is 23.7 Å². The van der Waals surface area contributed by atoms with Crippen LogP contribution < -0.4 is 11.1 Å². The van der Waals surface area contributed by atoms with Crippen molar-refractivity contribution >= 4 is 17.2 Å². The Labute approximate surface area is 107 Å². The van der Waals surface area contributed by atoms with Gasteiger partial charge in [-0.15, -0.1) is 11.3 Å². The summed E-state index contributed by atoms with van der Waals surface area (Å²) < 4.78 is 37.6. The first-order valence-electron chi connectivity index (χ1n) is 5.33. The summed E-state index contributed by atoms with van der Waals surface area (Å²) in [6.07, 6.45) is -4.28. The van der Waals surface area contributed by atoms with Crippen molar-refractivity contribution in [3.8, 4) is 0 Å². The number of alkyl halides is 3. The molecule has 1 rings (SSSR count). The second kappa shape index (κ2) is 5.27. The minimum absolute atomic E-state index is 0.402. The number of amides is 1. The lowest BCUT2D eigenvalue weighted by Gasteiger charge is -2.27. The van der Waals surface area contributed by atoms with Crippen molar-refractivity contribution < 1.29 is 18.0 Å². The molecule has 7 heteroatoms. The maximum absolute atomic E-state index is 12.5. The zero-order valence-electron chi connectivity index (χ0n) is 10.0. The first kappa shape index (κ1) is 15.0. The Balaban J connectivity index is 2.59. The molecule has 0 aliphatic rings. The molecule has 1 aromatic heterocycles. The van der Waals surface area contributed by atoms with Crippen LogP contribution in [0.1, 0.15) is 18.7 Å². The summed E-state index contributed by atoms with van der Waals surface area (Å²) in [7, 11) is 0. The predicted molar refractivity (Wildman–Crippen MR) is 64.3 cm³/mol. The summed E-state index contributed by atoms with van der Waals surface area (Å²) in [6.45, 7) is 2.31. The Morgan fingerprint density at radius 3 is 2.61 bits per heavy atom. The molecule has 0 spiro atoms. The molecule has 102 valence electrons. The van der Waals surface area contributed by atoms with Crippen LogP contribution in [-0.2, 0) is 11.2 Å². The molecule has 0 fully saturated rings. The SMILES string of the molecule is CC(Cc1cccs1)NC(=O)C(C)(N)C(F)(F)F. The van der Waals surface area contributed by atoms with E-state index in [1.807, 2.05) is 17.5 Å². The van der Waals surface area contributed by atoms with Gasteiger partial charge in [-0.25, -0.2) is 0 Å². The molecular weight excluding hydrogens is 265 g/mol. The van der Waals surface area contributed by atoms with Gasteiger partial charge in [0.1, 0.15) is 0 Å². The summed E-state index contributed by atoms with van der Waals surface area (Å²) >= 11 is 1.49. The van der Waals surface area contributed by atoms with E-state index in [1.165, 1.54) is 11.3 Å². The van der Waals surface area contributed by atoms with E-state index >= 15 is 0 Å². The van der Waals surface area contributed by atoms with E-state index in [2.05, 4.69) is 5.32 Å². The fourth-order valence-corrected chi connectivity index (χ4v) is 2.12. The molecule has 3 nitrogen and oxygen atoms in total. The monoisotopic (exact) mass is 280 g/mol. The second-order valence-corrected chi connectivity index (χ2v) is 5.39. The van der Waals surface area contributed by atoms with Crippen LogP contribution >= 0.6 is 11.3 Å². The van der Waals surface area contributed by atoms with Gasteiger partial charge in [0.15, 0.2) is 5.54 Å². The Morgan fingerprint density at radius 1 is 1.56 bits per heavy atom. The molecular formula is C11H15F3N2OS. The van der Waals surface area contributed by atoms with E-state index in [0.717, 1.165) is 4.88 Å². The molecule has 1 aromatic rings. The Kier molecular flexibility index (Phi) is 4.39. The van der Waals surface area contributed by atoms with Gasteiger partial charge >= 0.3 is 6.18 Å². The van der Waals surface area contributed by atoms with E-state index in [1.54, 1.807) is 6.92 Å². The Hall–Kier alpha value is -1.08. The van der Waals surface area contributed by atoms with Crippen LogP contribution in [0.25, 0.3) is 0 Å². The molecule has 2 atom stereocenters. The van der Waals surface area contributed by atoms with Crippen LogP contribution in [0.3, 0.4) is 0 Å². The predicted octanol–water partition coefficient (Wildman–Crippen LogP) is 2.08. The average Bonchev–Trinajstić information content (AvgIpc) is 2.68. The fraction of sp³-hybridized carbons (Fsp3) is 0.545. The third-order valence-corrected chi connectivity index (χ3v) is 3.42. The Morgan fingerprint density at radius 2 is 2.17 bits per heavy atom. The van der Waals surface area contributed by atoms with Gasteiger partial charge in [-0.3, -0.25) is 4.79 Å². The molecule has 1 amide bonds. The van der Waals surface area contributed by atoms with Crippen LogP contribution in [0.4, 0.5) is 13.2 Å². The third kappa shape index (κ3) is 3.46. The van der Waals surface area contributed by atoms with Gasteiger partial charge < -0.3 is 11.1 Å². The van der Waals surface area contributed by atoms with Gasteiger partial charge in [0.05, 0.1) is 0 Å². The smallest absolute Gasteiger partial charge is 0.351 e. The molecule has 2 unspecified atom stereocenters. The highest BCUT2D eigenvalue weighted by Crippen LogP contribution is 2.28. The van der Waals surface area contributed by atoms with Crippen molar-refractivity contribution in [2.24, 2.45) is 5.73 Å². The van der Waals surface area contributed by atoms with Gasteiger partial charge in [0, 0.05) is 17.3 Å². The molecule has 0 bridgehead atoms. The highest BCUT2D eigenvalue weighted by molar-refractivity contribution is 7.09. The van der Waals surface area contributed by atoms with Crippen molar-refractivity contribution in [3.63, 3.8) is 0 Å². The standard InChI is InChI=1S/C11H15F3N2OS/c1-7(6-8-4-3-5-18-8)16-9(17)10(2,15)11(12,13)14/h3-5,7H,6,15H2,1-2H3,(H,16,17). The number of nitrogens with two attached hydrogens (primary N) is 1. The number of hydrogen-bond acceptors (Lipinski definition) is 3. The minimum Gasteiger partial charge on any atom is -0.351 e. The molecule has 18 heavy (non-hydrogen) atoms. The van der Waals surface area contributed by atoms with Crippen LogP contribution in [0, 0.1) is 0 Å². The minimum atomic E-state index is -4.76. The van der Waals surface area contributed by atoms with Gasteiger partial charge in [-0.05, 0) is 25.3 Å². The van der Waals surface area contributed by atoms with Crippen LogP contribution in [-0.4, -0.2) is 23.7 Å². The molecule has 1 heterocycles. The van der Waals surface area contributed by atoms with E-state index in [0.29, 0.717) is 13.3 Å². The highest BCUT2D eigenvalue weighted by atomic mass is 32.1. The number of hydrogen-bond donors (Lipinski definition) is 2. The zero-order chi connectivity index (χ0) is 14.0. The van der Waals surface area contributed by atoms with Gasteiger partial charge in [-0.1, -0.05) is 6.07 Å². The van der Waals surface area contributed by atoms with E-state index in [-0.39, 0.29) is 0 Å². The molecule has 0 saturated carbocycles. The number of carbonyl (C=O) groups is 1. The van der Waals surface area contributed by atoms with Crippen molar-refractivity contribution in [3.05, 3.63) is 22.4 Å². The van der Waals surface area contributed by atoms with E-state index in [9.17, 15) is 18.0 Å². The largest absolute Gasteiger partial charge is 0.415 e. The quantitative estimate of drug-likeness (QED) is 0.887. The summed E-state index contributed by atoms with van der Waals surface area (Å²) in [6, 6.07) is 3.30. The van der Waals surface area contributed by atoms with Crippen molar-refractivity contribution in [2.45, 2.75) is 38.0 Å². The highest BCUT2D eigenvalue weighted by Gasteiger charge is 2.54. The van der Waals surface area contributed by atoms with Crippen molar-refractivity contribution in [1.29, 1.82) is 0 Å². The summed E-state index contributed by atoms with van der Waals surface area (Å²) in [5.74, 6) is -1.21. The molecule has 0 saturated heterocycles. The third-order valence-electron chi connectivity index (χ3n) is 2.53. The number of carbonyl (C=O) groups excluding carboxylic acids is 1. The maximum Gasteiger partial charge on any atom is 0.415 e. The summed E-state index contributed by atoms with van der Waals surface area (Å²) in [4.78, 5) is 12.5. The van der Waals surface area contributed by atoms with E-state index in [4.69, 9.17) is 5.73 Å².